The highest BCUT2D eigenvalue weighted by Gasteiger charge is 2.27. The van der Waals surface area contributed by atoms with Crippen molar-refractivity contribution in [1.29, 1.82) is 0 Å². The first-order chi connectivity index (χ1) is 5.10. The SMILES string of the molecule is CC(C)(C)C[C@@H](N)CC(C)(F)F. The van der Waals surface area contributed by atoms with Gasteiger partial charge in [-0.05, 0) is 18.8 Å². The molecule has 0 aromatic heterocycles. The maximum atomic E-state index is 12.5. The number of rotatable bonds is 3. The molecule has 1 atom stereocenters. The summed E-state index contributed by atoms with van der Waals surface area (Å²) < 4.78 is 24.9. The molecule has 0 spiro atoms. The van der Waals surface area contributed by atoms with Crippen molar-refractivity contribution in [2.24, 2.45) is 11.1 Å². The van der Waals surface area contributed by atoms with Crippen LogP contribution in [0.5, 0.6) is 0 Å². The second kappa shape index (κ2) is 3.69. The third-order valence-electron chi connectivity index (χ3n) is 1.50. The third kappa shape index (κ3) is 7.92. The molecule has 0 rings (SSSR count). The fourth-order valence-corrected chi connectivity index (χ4v) is 1.32. The quantitative estimate of drug-likeness (QED) is 0.708. The Hall–Kier alpha value is -0.180. The van der Waals surface area contributed by atoms with Crippen LogP contribution in [-0.2, 0) is 0 Å². The number of alkyl halides is 2. The van der Waals surface area contributed by atoms with Crippen LogP contribution in [-0.4, -0.2) is 12.0 Å². The van der Waals surface area contributed by atoms with E-state index in [0.717, 1.165) is 6.92 Å². The minimum atomic E-state index is -2.63. The third-order valence-corrected chi connectivity index (χ3v) is 1.50. The molecular weight excluding hydrogens is 160 g/mol. The van der Waals surface area contributed by atoms with E-state index in [1.54, 1.807) is 0 Å². The number of hydrogen-bond acceptors (Lipinski definition) is 1. The molecule has 0 saturated carbocycles. The van der Waals surface area contributed by atoms with Gasteiger partial charge in [-0.3, -0.25) is 0 Å². The summed E-state index contributed by atoms with van der Waals surface area (Å²) in [5.41, 5.74) is 5.60. The van der Waals surface area contributed by atoms with Crippen LogP contribution in [0.4, 0.5) is 8.78 Å². The van der Waals surface area contributed by atoms with Gasteiger partial charge in [0.05, 0.1) is 0 Å². The van der Waals surface area contributed by atoms with Crippen LogP contribution >= 0.6 is 0 Å². The zero-order valence-corrected chi connectivity index (χ0v) is 8.32. The first-order valence-electron chi connectivity index (χ1n) is 4.23. The Morgan fingerprint density at radius 1 is 1.08 bits per heavy atom. The predicted octanol–water partition coefficient (Wildman–Crippen LogP) is 2.80. The summed E-state index contributed by atoms with van der Waals surface area (Å²) in [6, 6.07) is -0.398. The van der Waals surface area contributed by atoms with Crippen molar-refractivity contribution >= 4 is 0 Å². The van der Waals surface area contributed by atoms with Gasteiger partial charge in [-0.15, -0.1) is 0 Å². The second-order valence-electron chi connectivity index (χ2n) is 4.80. The van der Waals surface area contributed by atoms with Crippen LogP contribution in [0.15, 0.2) is 0 Å². The maximum Gasteiger partial charge on any atom is 0.246 e. The van der Waals surface area contributed by atoms with E-state index in [1.807, 2.05) is 20.8 Å². The van der Waals surface area contributed by atoms with Crippen molar-refractivity contribution in [3.05, 3.63) is 0 Å². The Kier molecular flexibility index (Phi) is 3.63. The molecule has 0 aliphatic carbocycles. The molecule has 0 radical (unpaired) electrons. The molecule has 0 heterocycles. The monoisotopic (exact) mass is 179 g/mol. The number of hydrogen-bond donors (Lipinski definition) is 1. The summed E-state index contributed by atoms with van der Waals surface area (Å²) in [5.74, 6) is -2.63. The first kappa shape index (κ1) is 11.8. The average Bonchev–Trinajstić information content (AvgIpc) is 1.49. The number of nitrogens with two attached hydrogens (primary N) is 1. The summed E-state index contributed by atoms with van der Waals surface area (Å²) in [7, 11) is 0. The van der Waals surface area contributed by atoms with Crippen LogP contribution in [0.25, 0.3) is 0 Å². The molecule has 0 saturated heterocycles. The number of halogens is 2. The molecule has 74 valence electrons. The van der Waals surface area contributed by atoms with Gasteiger partial charge >= 0.3 is 0 Å². The average molecular weight is 179 g/mol. The van der Waals surface area contributed by atoms with Gasteiger partial charge in [-0.1, -0.05) is 20.8 Å². The molecular formula is C9H19F2N. The van der Waals surface area contributed by atoms with Gasteiger partial charge < -0.3 is 5.73 Å². The first-order valence-corrected chi connectivity index (χ1v) is 4.23. The summed E-state index contributed by atoms with van der Waals surface area (Å²) in [5, 5.41) is 0. The molecule has 0 amide bonds. The van der Waals surface area contributed by atoms with Crippen LogP contribution in [0.1, 0.15) is 40.5 Å². The summed E-state index contributed by atoms with van der Waals surface area (Å²) in [6.07, 6.45) is 0.417. The van der Waals surface area contributed by atoms with Crippen LogP contribution in [0.2, 0.25) is 0 Å². The molecule has 0 aromatic rings. The van der Waals surface area contributed by atoms with Gasteiger partial charge in [-0.2, -0.15) is 0 Å². The fourth-order valence-electron chi connectivity index (χ4n) is 1.32. The van der Waals surface area contributed by atoms with E-state index < -0.39 is 12.0 Å². The van der Waals surface area contributed by atoms with Crippen LogP contribution < -0.4 is 5.73 Å². The Balaban J connectivity index is 3.83. The smallest absolute Gasteiger partial charge is 0.246 e. The maximum absolute atomic E-state index is 12.5. The minimum Gasteiger partial charge on any atom is -0.327 e. The van der Waals surface area contributed by atoms with Crippen molar-refractivity contribution in [1.82, 2.24) is 0 Å². The van der Waals surface area contributed by atoms with Crippen molar-refractivity contribution in [2.45, 2.75) is 52.5 Å². The predicted molar refractivity (Wildman–Crippen MR) is 47.3 cm³/mol. The summed E-state index contributed by atoms with van der Waals surface area (Å²) in [6.45, 7) is 6.91. The zero-order chi connectivity index (χ0) is 9.99. The van der Waals surface area contributed by atoms with E-state index in [2.05, 4.69) is 0 Å². The van der Waals surface area contributed by atoms with E-state index in [4.69, 9.17) is 5.73 Å². The fraction of sp³-hybridized carbons (Fsp3) is 1.00. The van der Waals surface area contributed by atoms with Crippen LogP contribution in [0.3, 0.4) is 0 Å². The Morgan fingerprint density at radius 2 is 1.50 bits per heavy atom. The van der Waals surface area contributed by atoms with Gasteiger partial charge in [0.2, 0.25) is 5.92 Å². The summed E-state index contributed by atoms with van der Waals surface area (Å²) >= 11 is 0. The lowest BCUT2D eigenvalue weighted by Gasteiger charge is -2.24. The largest absolute Gasteiger partial charge is 0.327 e. The minimum absolute atomic E-state index is 0.0324. The van der Waals surface area contributed by atoms with Crippen molar-refractivity contribution in [2.75, 3.05) is 0 Å². The second-order valence-corrected chi connectivity index (χ2v) is 4.80. The molecule has 0 bridgehead atoms. The van der Waals surface area contributed by atoms with E-state index in [-0.39, 0.29) is 11.8 Å². The highest BCUT2D eigenvalue weighted by atomic mass is 19.3. The lowest BCUT2D eigenvalue weighted by Crippen LogP contribution is -2.32. The van der Waals surface area contributed by atoms with Crippen molar-refractivity contribution < 1.29 is 8.78 Å². The van der Waals surface area contributed by atoms with Gasteiger partial charge in [-0.25, -0.2) is 8.78 Å². The van der Waals surface area contributed by atoms with Crippen molar-refractivity contribution in [3.8, 4) is 0 Å². The molecule has 12 heavy (non-hydrogen) atoms. The van der Waals surface area contributed by atoms with Gasteiger partial charge in [0.15, 0.2) is 0 Å². The Morgan fingerprint density at radius 3 is 1.75 bits per heavy atom. The van der Waals surface area contributed by atoms with E-state index in [9.17, 15) is 8.78 Å². The lowest BCUT2D eigenvalue weighted by atomic mass is 9.86. The van der Waals surface area contributed by atoms with Gasteiger partial charge in [0.25, 0.3) is 0 Å². The Bertz CT molecular complexity index is 116. The van der Waals surface area contributed by atoms with E-state index in [0.29, 0.717) is 6.42 Å². The van der Waals surface area contributed by atoms with Gasteiger partial charge in [0, 0.05) is 12.5 Å². The van der Waals surface area contributed by atoms with Crippen LogP contribution in [0, 0.1) is 5.41 Å². The summed E-state index contributed by atoms with van der Waals surface area (Å²) in [4.78, 5) is 0. The molecule has 0 aliphatic rings. The molecule has 0 aliphatic heterocycles. The normalized spacial score (nSPS) is 16.2. The topological polar surface area (TPSA) is 26.0 Å². The molecule has 3 heteroatoms. The molecule has 1 nitrogen and oxygen atoms in total. The Labute approximate surface area is 73.3 Å². The molecule has 0 aromatic carbocycles. The standard InChI is InChI=1S/C9H19F2N/c1-8(2,3)5-7(12)6-9(4,10)11/h7H,5-6,12H2,1-4H3/t7-/m1/s1. The van der Waals surface area contributed by atoms with Crippen molar-refractivity contribution in [3.63, 3.8) is 0 Å². The highest BCUT2D eigenvalue weighted by Crippen LogP contribution is 2.26. The molecule has 0 fully saturated rings. The molecule has 0 unspecified atom stereocenters. The molecule has 2 N–H and O–H groups in total. The van der Waals surface area contributed by atoms with E-state index >= 15 is 0 Å². The zero-order valence-electron chi connectivity index (χ0n) is 8.32. The van der Waals surface area contributed by atoms with Gasteiger partial charge in [0.1, 0.15) is 0 Å². The van der Waals surface area contributed by atoms with E-state index in [1.165, 1.54) is 0 Å². The lowest BCUT2D eigenvalue weighted by molar-refractivity contribution is 0.00307. The highest BCUT2D eigenvalue weighted by molar-refractivity contribution is 4.75.